The van der Waals surface area contributed by atoms with Crippen LogP contribution in [-0.2, 0) is 16.2 Å². The molecule has 0 unspecified atom stereocenters. The highest BCUT2D eigenvalue weighted by molar-refractivity contribution is 6.16. The zero-order chi connectivity index (χ0) is 24.2. The van der Waals surface area contributed by atoms with E-state index in [9.17, 15) is 5.11 Å². The van der Waals surface area contributed by atoms with Gasteiger partial charge in [-0.2, -0.15) is 0 Å². The third kappa shape index (κ3) is 4.39. The third-order valence-corrected chi connectivity index (χ3v) is 6.26. The number of imidazole rings is 1. The molecule has 0 aliphatic carbocycles. The molecule has 1 aromatic heterocycles. The van der Waals surface area contributed by atoms with Crippen LogP contribution < -0.4 is 0 Å². The number of para-hydroxylation sites is 2. The van der Waals surface area contributed by atoms with E-state index in [4.69, 9.17) is 4.98 Å². The fourth-order valence-corrected chi connectivity index (χ4v) is 4.38. The van der Waals surface area contributed by atoms with Gasteiger partial charge in [-0.1, -0.05) is 82.3 Å². The van der Waals surface area contributed by atoms with Crippen molar-refractivity contribution in [3.05, 3.63) is 83.4 Å². The summed E-state index contributed by atoms with van der Waals surface area (Å²) < 4.78 is 2.25. The predicted molar refractivity (Wildman–Crippen MR) is 145 cm³/mol. The first-order chi connectivity index (χ1) is 15.3. The molecule has 3 nitrogen and oxygen atoms in total. The first kappa shape index (κ1) is 23.4. The summed E-state index contributed by atoms with van der Waals surface area (Å²) in [5.74, 6) is 0.885. The van der Waals surface area contributed by atoms with Crippen molar-refractivity contribution in [3.8, 4) is 17.1 Å². The molecule has 0 atom stereocenters. The summed E-state index contributed by atoms with van der Waals surface area (Å²) in [6.45, 7) is 12.7. The molecule has 0 amide bonds. The standard InChI is InChI=1S/C28H34B2N2O/c1-26(2,29)19-16-20(27(3,4)30)24(21(17-19)28(5,6)33)32-23-15-11-10-14-22(23)31-25(32)18-12-8-7-9-13-18/h7-17,33H,29-30H2,1-6H3. The summed E-state index contributed by atoms with van der Waals surface area (Å²) in [6.07, 6.45) is 0. The predicted octanol–water partition coefficient (Wildman–Crippen LogP) is 4.66. The molecule has 5 heteroatoms. The second kappa shape index (κ2) is 7.92. The molecule has 0 saturated carbocycles. The van der Waals surface area contributed by atoms with Crippen LogP contribution in [0.15, 0.2) is 66.7 Å². The monoisotopic (exact) mass is 436 g/mol. The maximum Gasteiger partial charge on any atom is 0.145 e. The molecule has 0 saturated heterocycles. The molecule has 0 bridgehead atoms. The van der Waals surface area contributed by atoms with E-state index in [0.29, 0.717) is 0 Å². The molecule has 0 spiro atoms. The van der Waals surface area contributed by atoms with E-state index in [2.05, 4.69) is 90.4 Å². The Morgan fingerprint density at radius 2 is 1.33 bits per heavy atom. The Kier molecular flexibility index (Phi) is 5.61. The van der Waals surface area contributed by atoms with Gasteiger partial charge in [-0.05, 0) is 47.7 Å². The number of rotatable bonds is 5. The number of hydrogen-bond acceptors (Lipinski definition) is 2. The molecule has 4 aromatic rings. The number of nitrogens with zero attached hydrogens (tertiary/aromatic N) is 2. The summed E-state index contributed by atoms with van der Waals surface area (Å²) in [6, 6.07) is 23.1. The molecule has 4 rings (SSSR count). The third-order valence-electron chi connectivity index (χ3n) is 6.26. The van der Waals surface area contributed by atoms with Crippen LogP contribution in [0.1, 0.15) is 58.2 Å². The average molecular weight is 436 g/mol. The number of hydrogen-bond donors (Lipinski definition) is 1. The van der Waals surface area contributed by atoms with Crippen molar-refractivity contribution in [2.45, 2.75) is 57.8 Å². The normalized spacial score (nSPS) is 12.9. The van der Waals surface area contributed by atoms with Crippen LogP contribution in [0.5, 0.6) is 0 Å². The quantitative estimate of drug-likeness (QED) is 0.463. The Balaban J connectivity index is 2.23. The summed E-state index contributed by atoms with van der Waals surface area (Å²) in [5, 5.41) is 11.3. The molecule has 168 valence electrons. The first-order valence-electron chi connectivity index (χ1n) is 11.7. The van der Waals surface area contributed by atoms with Crippen molar-refractivity contribution >= 4 is 26.7 Å². The van der Waals surface area contributed by atoms with Gasteiger partial charge >= 0.3 is 0 Å². The molecule has 0 radical (unpaired) electrons. The van der Waals surface area contributed by atoms with Crippen LogP contribution in [0.25, 0.3) is 28.1 Å². The van der Waals surface area contributed by atoms with Gasteiger partial charge in [-0.3, -0.25) is 4.57 Å². The average Bonchev–Trinajstić information content (AvgIpc) is 3.11. The molecule has 33 heavy (non-hydrogen) atoms. The Bertz CT molecular complexity index is 1270. The van der Waals surface area contributed by atoms with Crippen molar-refractivity contribution in [1.29, 1.82) is 0 Å². The number of aliphatic hydroxyl groups is 1. The summed E-state index contributed by atoms with van der Waals surface area (Å²) in [7, 11) is 4.47. The molecule has 0 aliphatic heterocycles. The van der Waals surface area contributed by atoms with Gasteiger partial charge in [0.1, 0.15) is 21.5 Å². The van der Waals surface area contributed by atoms with E-state index >= 15 is 0 Å². The Morgan fingerprint density at radius 3 is 1.91 bits per heavy atom. The lowest BCUT2D eigenvalue weighted by atomic mass is 9.62. The van der Waals surface area contributed by atoms with E-state index in [-0.39, 0.29) is 10.6 Å². The molecular formula is C28H34B2N2O. The highest BCUT2D eigenvalue weighted by atomic mass is 16.3. The van der Waals surface area contributed by atoms with Crippen molar-refractivity contribution in [2.24, 2.45) is 0 Å². The lowest BCUT2D eigenvalue weighted by Crippen LogP contribution is -2.28. The zero-order valence-corrected chi connectivity index (χ0v) is 21.2. The summed E-state index contributed by atoms with van der Waals surface area (Å²) in [4.78, 5) is 5.06. The molecule has 0 aliphatic rings. The zero-order valence-electron chi connectivity index (χ0n) is 21.2. The molecule has 1 heterocycles. The summed E-state index contributed by atoms with van der Waals surface area (Å²) in [5.41, 5.74) is 6.36. The van der Waals surface area contributed by atoms with Gasteiger partial charge in [0.25, 0.3) is 0 Å². The van der Waals surface area contributed by atoms with Crippen LogP contribution in [0, 0.1) is 0 Å². The van der Waals surface area contributed by atoms with Crippen LogP contribution in [0.4, 0.5) is 0 Å². The van der Waals surface area contributed by atoms with Gasteiger partial charge in [-0.15, -0.1) is 0 Å². The Hall–Kier alpha value is -2.78. The maximum atomic E-state index is 11.4. The van der Waals surface area contributed by atoms with Gasteiger partial charge in [-0.25, -0.2) is 4.98 Å². The fraction of sp³-hybridized carbons (Fsp3) is 0.321. The van der Waals surface area contributed by atoms with Gasteiger partial charge in [0, 0.05) is 11.1 Å². The molecular weight excluding hydrogens is 402 g/mol. The topological polar surface area (TPSA) is 38.0 Å². The van der Waals surface area contributed by atoms with Gasteiger partial charge < -0.3 is 5.11 Å². The minimum absolute atomic E-state index is 0.0439. The minimum Gasteiger partial charge on any atom is -0.386 e. The van der Waals surface area contributed by atoms with Crippen molar-refractivity contribution < 1.29 is 5.11 Å². The highest BCUT2D eigenvalue weighted by Crippen LogP contribution is 2.41. The highest BCUT2D eigenvalue weighted by Gasteiger charge is 2.32. The number of aromatic nitrogens is 2. The van der Waals surface area contributed by atoms with E-state index in [1.165, 1.54) is 11.1 Å². The Morgan fingerprint density at radius 1 is 0.758 bits per heavy atom. The van der Waals surface area contributed by atoms with E-state index in [1.807, 2.05) is 38.1 Å². The van der Waals surface area contributed by atoms with Gasteiger partial charge in [0.2, 0.25) is 0 Å². The van der Waals surface area contributed by atoms with Crippen LogP contribution in [-0.4, -0.2) is 30.4 Å². The van der Waals surface area contributed by atoms with Crippen LogP contribution in [0.3, 0.4) is 0 Å². The van der Waals surface area contributed by atoms with Crippen molar-refractivity contribution in [2.75, 3.05) is 0 Å². The maximum absolute atomic E-state index is 11.4. The molecule has 3 aromatic carbocycles. The summed E-state index contributed by atoms with van der Waals surface area (Å²) >= 11 is 0. The van der Waals surface area contributed by atoms with E-state index in [0.717, 1.165) is 33.7 Å². The molecule has 1 N–H and O–H groups in total. The second-order valence-electron chi connectivity index (χ2n) is 11.6. The smallest absolute Gasteiger partial charge is 0.145 e. The second-order valence-corrected chi connectivity index (χ2v) is 11.6. The van der Waals surface area contributed by atoms with E-state index < -0.39 is 5.60 Å². The van der Waals surface area contributed by atoms with Gasteiger partial charge in [0.15, 0.2) is 0 Å². The van der Waals surface area contributed by atoms with Crippen molar-refractivity contribution in [3.63, 3.8) is 0 Å². The SMILES string of the molecule is BC(C)(C)c1cc(C(B)(C)C)c(-n2c(-c3ccccc3)nc3ccccc32)c(C(C)(C)O)c1. The number of fused-ring (bicyclic) bond motifs is 1. The Labute approximate surface area is 199 Å². The van der Waals surface area contributed by atoms with E-state index in [1.54, 1.807) is 0 Å². The largest absolute Gasteiger partial charge is 0.386 e. The number of benzene rings is 3. The lowest BCUT2D eigenvalue weighted by molar-refractivity contribution is 0.0783. The minimum atomic E-state index is -1.03. The first-order valence-corrected chi connectivity index (χ1v) is 11.7. The fourth-order valence-electron chi connectivity index (χ4n) is 4.38. The lowest BCUT2D eigenvalue weighted by Gasteiger charge is -2.34. The van der Waals surface area contributed by atoms with Crippen LogP contribution >= 0.6 is 0 Å². The van der Waals surface area contributed by atoms with Gasteiger partial charge in [0.05, 0.1) is 22.3 Å². The van der Waals surface area contributed by atoms with Crippen LogP contribution in [0.2, 0.25) is 0 Å². The van der Waals surface area contributed by atoms with Crippen molar-refractivity contribution in [1.82, 2.24) is 9.55 Å². The molecule has 0 fully saturated rings.